The summed E-state index contributed by atoms with van der Waals surface area (Å²) in [5, 5.41) is 14.2. The fraction of sp³-hybridized carbons (Fsp3) is 0.333. The van der Waals surface area contributed by atoms with Gasteiger partial charge < -0.3 is 0 Å². The summed E-state index contributed by atoms with van der Waals surface area (Å²) in [5.41, 5.74) is 1.24. The van der Waals surface area contributed by atoms with Crippen molar-refractivity contribution in [1.29, 1.82) is 5.26 Å². The summed E-state index contributed by atoms with van der Waals surface area (Å²) in [7, 11) is -3.46. The third kappa shape index (κ3) is 4.18. The largest absolute Gasteiger partial charge is 0.245 e. The zero-order chi connectivity index (χ0) is 12.2. The van der Waals surface area contributed by atoms with Crippen LogP contribution in [-0.2, 0) is 10.0 Å². The van der Waals surface area contributed by atoms with Gasteiger partial charge in [-0.05, 0) is 19.1 Å². The van der Waals surface area contributed by atoms with Crippen LogP contribution in [0.15, 0.2) is 17.2 Å². The number of nitrogens with zero attached hydrogens (tertiary/aromatic N) is 2. The number of thioether (sulfide) groups is 1. The van der Waals surface area contributed by atoms with Crippen LogP contribution in [0, 0.1) is 18.3 Å². The molecule has 7 heteroatoms. The van der Waals surface area contributed by atoms with E-state index in [1.165, 1.54) is 11.8 Å². The van der Waals surface area contributed by atoms with Crippen molar-refractivity contribution in [2.75, 3.05) is 11.5 Å². The lowest BCUT2D eigenvalue weighted by molar-refractivity contribution is 0.599. The Balaban J connectivity index is 2.74. The monoisotopic (exact) mass is 257 g/mol. The van der Waals surface area contributed by atoms with Gasteiger partial charge in [0.05, 0.1) is 11.3 Å². The SMILES string of the molecule is Cc1ccc(C#N)c(SCCS(N)(=O)=O)n1. The summed E-state index contributed by atoms with van der Waals surface area (Å²) >= 11 is 1.22. The van der Waals surface area contributed by atoms with Gasteiger partial charge in [0.25, 0.3) is 0 Å². The van der Waals surface area contributed by atoms with Crippen molar-refractivity contribution in [3.8, 4) is 6.07 Å². The number of pyridine rings is 1. The molecule has 2 N–H and O–H groups in total. The van der Waals surface area contributed by atoms with Gasteiger partial charge in [0.15, 0.2) is 0 Å². The number of hydrogen-bond donors (Lipinski definition) is 1. The highest BCUT2D eigenvalue weighted by Crippen LogP contribution is 2.20. The van der Waals surface area contributed by atoms with Gasteiger partial charge in [-0.15, -0.1) is 11.8 Å². The quantitative estimate of drug-likeness (QED) is 0.798. The molecule has 0 unspecified atom stereocenters. The Hall–Kier alpha value is -1.10. The standard InChI is InChI=1S/C9H11N3O2S2/c1-7-2-3-8(6-10)9(12-7)15-4-5-16(11,13)14/h2-3H,4-5H2,1H3,(H2,11,13,14). The van der Waals surface area contributed by atoms with Crippen LogP contribution in [0.1, 0.15) is 11.3 Å². The molecule has 1 aromatic rings. The molecule has 16 heavy (non-hydrogen) atoms. The van der Waals surface area contributed by atoms with E-state index >= 15 is 0 Å². The molecule has 1 heterocycles. The molecular weight excluding hydrogens is 246 g/mol. The molecule has 86 valence electrons. The molecule has 5 nitrogen and oxygen atoms in total. The van der Waals surface area contributed by atoms with Crippen LogP contribution in [0.3, 0.4) is 0 Å². The Morgan fingerprint density at radius 2 is 2.25 bits per heavy atom. The van der Waals surface area contributed by atoms with Gasteiger partial charge in [0.1, 0.15) is 11.1 Å². The fourth-order valence-electron chi connectivity index (χ4n) is 0.982. The minimum absolute atomic E-state index is 0.127. The minimum atomic E-state index is -3.46. The van der Waals surface area contributed by atoms with Crippen molar-refractivity contribution in [3.63, 3.8) is 0 Å². The highest BCUT2D eigenvalue weighted by Gasteiger charge is 2.07. The zero-order valence-electron chi connectivity index (χ0n) is 8.67. The number of nitrogens with two attached hydrogens (primary N) is 1. The van der Waals surface area contributed by atoms with E-state index in [-0.39, 0.29) is 5.75 Å². The minimum Gasteiger partial charge on any atom is -0.245 e. The van der Waals surface area contributed by atoms with Gasteiger partial charge in [-0.3, -0.25) is 0 Å². The molecule has 0 spiro atoms. The Kier molecular flexibility index (Phi) is 4.29. The van der Waals surface area contributed by atoms with Gasteiger partial charge in [-0.2, -0.15) is 5.26 Å². The van der Waals surface area contributed by atoms with E-state index < -0.39 is 10.0 Å². The fourth-order valence-corrected chi connectivity index (χ4v) is 2.92. The van der Waals surface area contributed by atoms with Crippen LogP contribution in [0.2, 0.25) is 0 Å². The van der Waals surface area contributed by atoms with Crippen molar-refractivity contribution < 1.29 is 8.42 Å². The predicted octanol–water partition coefficient (Wildman–Crippen LogP) is 0.642. The average Bonchev–Trinajstić information content (AvgIpc) is 2.16. The molecule has 0 aliphatic heterocycles. The molecule has 0 aliphatic carbocycles. The third-order valence-electron chi connectivity index (χ3n) is 1.73. The van der Waals surface area contributed by atoms with Crippen molar-refractivity contribution in [2.45, 2.75) is 11.9 Å². The van der Waals surface area contributed by atoms with Crippen LogP contribution in [-0.4, -0.2) is 24.9 Å². The van der Waals surface area contributed by atoms with Gasteiger partial charge in [0.2, 0.25) is 10.0 Å². The molecule has 0 amide bonds. The molecule has 0 atom stereocenters. The van der Waals surface area contributed by atoms with Crippen LogP contribution < -0.4 is 5.14 Å². The van der Waals surface area contributed by atoms with Crippen molar-refractivity contribution in [3.05, 3.63) is 23.4 Å². The summed E-state index contributed by atoms with van der Waals surface area (Å²) in [6.45, 7) is 1.81. The van der Waals surface area contributed by atoms with Crippen molar-refractivity contribution in [1.82, 2.24) is 4.98 Å². The van der Waals surface area contributed by atoms with Gasteiger partial charge in [-0.1, -0.05) is 0 Å². The molecular formula is C9H11N3O2S2. The lowest BCUT2D eigenvalue weighted by Crippen LogP contribution is -2.17. The summed E-state index contributed by atoms with van der Waals surface area (Å²) in [5.74, 6) is 0.169. The summed E-state index contributed by atoms with van der Waals surface area (Å²) in [6, 6.07) is 5.41. The maximum atomic E-state index is 10.7. The summed E-state index contributed by atoms with van der Waals surface area (Å²) < 4.78 is 21.4. The first-order chi connectivity index (χ1) is 7.42. The number of primary sulfonamides is 1. The lowest BCUT2D eigenvalue weighted by atomic mass is 10.3. The highest BCUT2D eigenvalue weighted by atomic mass is 32.2. The predicted molar refractivity (Wildman–Crippen MR) is 62.4 cm³/mol. The molecule has 1 aromatic heterocycles. The Morgan fingerprint density at radius 1 is 1.56 bits per heavy atom. The number of aromatic nitrogens is 1. The molecule has 0 saturated carbocycles. The first-order valence-electron chi connectivity index (χ1n) is 4.43. The second kappa shape index (κ2) is 5.30. The topological polar surface area (TPSA) is 96.8 Å². The maximum absolute atomic E-state index is 10.7. The number of aryl methyl sites for hydroxylation is 1. The van der Waals surface area contributed by atoms with Gasteiger partial charge in [0, 0.05) is 11.4 Å². The van der Waals surface area contributed by atoms with Crippen molar-refractivity contribution >= 4 is 21.8 Å². The third-order valence-corrected chi connectivity index (χ3v) is 3.75. The number of sulfonamides is 1. The van der Waals surface area contributed by atoms with Gasteiger partial charge in [-0.25, -0.2) is 18.5 Å². The summed E-state index contributed by atoms with van der Waals surface area (Å²) in [6.07, 6.45) is 0. The smallest absolute Gasteiger partial charge is 0.209 e. The zero-order valence-corrected chi connectivity index (χ0v) is 10.3. The van der Waals surface area contributed by atoms with Crippen molar-refractivity contribution in [2.24, 2.45) is 5.14 Å². The first kappa shape index (κ1) is 13.0. The van der Waals surface area contributed by atoms with E-state index in [9.17, 15) is 8.42 Å². The molecule has 0 aliphatic rings. The lowest BCUT2D eigenvalue weighted by Gasteiger charge is -2.03. The normalized spacial score (nSPS) is 11.1. The van der Waals surface area contributed by atoms with E-state index in [0.29, 0.717) is 16.3 Å². The number of rotatable bonds is 4. The van der Waals surface area contributed by atoms with E-state index in [1.807, 2.05) is 13.0 Å². The van der Waals surface area contributed by atoms with Crippen LogP contribution >= 0.6 is 11.8 Å². The van der Waals surface area contributed by atoms with Gasteiger partial charge >= 0.3 is 0 Å². The molecule has 0 radical (unpaired) electrons. The molecule has 0 aromatic carbocycles. The summed E-state index contributed by atoms with van der Waals surface area (Å²) in [4.78, 5) is 4.17. The number of hydrogen-bond acceptors (Lipinski definition) is 5. The Bertz CT molecular complexity index is 520. The van der Waals surface area contributed by atoms with E-state index in [4.69, 9.17) is 10.4 Å². The van der Waals surface area contributed by atoms with E-state index in [1.54, 1.807) is 12.1 Å². The Labute approximate surface area is 98.7 Å². The second-order valence-corrected chi connectivity index (χ2v) is 5.95. The molecule has 0 bridgehead atoms. The van der Waals surface area contributed by atoms with Crippen LogP contribution in [0.25, 0.3) is 0 Å². The Morgan fingerprint density at radius 3 is 2.81 bits per heavy atom. The second-order valence-electron chi connectivity index (χ2n) is 3.13. The van der Waals surface area contributed by atoms with E-state index in [2.05, 4.69) is 4.98 Å². The number of nitriles is 1. The van der Waals surface area contributed by atoms with Crippen LogP contribution in [0.4, 0.5) is 0 Å². The molecule has 0 fully saturated rings. The molecule has 0 saturated heterocycles. The maximum Gasteiger partial charge on any atom is 0.209 e. The van der Waals surface area contributed by atoms with Crippen LogP contribution in [0.5, 0.6) is 0 Å². The molecule has 1 rings (SSSR count). The highest BCUT2D eigenvalue weighted by molar-refractivity contribution is 8.00. The first-order valence-corrected chi connectivity index (χ1v) is 7.13. The van der Waals surface area contributed by atoms with E-state index in [0.717, 1.165) is 5.69 Å². The average molecular weight is 257 g/mol.